The number of halogens is 1. The Bertz CT molecular complexity index is 162. The van der Waals surface area contributed by atoms with Gasteiger partial charge in [-0.25, -0.2) is 0 Å². The largest absolute Gasteiger partial charge is 0.352 e. The Hall–Kier alpha value is -0.120. The normalized spacial score (nSPS) is 30.7. The second-order valence-electron chi connectivity index (χ2n) is 3.28. The highest BCUT2D eigenvalue weighted by atomic mass is 35.5. The fraction of sp³-hybridized carbons (Fsp3) is 0.875. The van der Waals surface area contributed by atoms with Gasteiger partial charge in [-0.15, -0.1) is 0 Å². The highest BCUT2D eigenvalue weighted by molar-refractivity contribution is 6.64. The quantitative estimate of drug-likeness (QED) is 0.621. The van der Waals surface area contributed by atoms with Crippen molar-refractivity contribution in [3.63, 3.8) is 0 Å². The zero-order chi connectivity index (χ0) is 9.14. The van der Waals surface area contributed by atoms with Crippen LogP contribution in [0.5, 0.6) is 0 Å². The number of ether oxygens (including phenoxy) is 2. The molecule has 1 aliphatic heterocycles. The van der Waals surface area contributed by atoms with E-state index in [2.05, 4.69) is 0 Å². The summed E-state index contributed by atoms with van der Waals surface area (Å²) in [7, 11) is 0. The van der Waals surface area contributed by atoms with Gasteiger partial charge in [-0.2, -0.15) is 0 Å². The number of carbonyl (C=O) groups is 1. The van der Waals surface area contributed by atoms with Gasteiger partial charge in [0.05, 0.1) is 19.1 Å². The molecule has 4 heteroatoms. The van der Waals surface area contributed by atoms with Crippen molar-refractivity contribution < 1.29 is 14.3 Å². The number of hydrogen-bond acceptors (Lipinski definition) is 3. The summed E-state index contributed by atoms with van der Waals surface area (Å²) in [6.07, 6.45) is -0.183. The van der Waals surface area contributed by atoms with E-state index >= 15 is 0 Å². The Balaban J connectivity index is 2.34. The summed E-state index contributed by atoms with van der Waals surface area (Å²) < 4.78 is 10.6. The van der Waals surface area contributed by atoms with Gasteiger partial charge >= 0.3 is 0 Å². The zero-order valence-electron chi connectivity index (χ0n) is 7.25. The highest BCUT2D eigenvalue weighted by Crippen LogP contribution is 2.18. The molecule has 1 saturated heterocycles. The van der Waals surface area contributed by atoms with Gasteiger partial charge in [0.15, 0.2) is 6.29 Å². The van der Waals surface area contributed by atoms with Gasteiger partial charge < -0.3 is 9.47 Å². The molecule has 70 valence electrons. The monoisotopic (exact) mass is 192 g/mol. The summed E-state index contributed by atoms with van der Waals surface area (Å²) in [6.45, 7) is 4.78. The Morgan fingerprint density at radius 1 is 1.42 bits per heavy atom. The maximum atomic E-state index is 10.7. The molecule has 12 heavy (non-hydrogen) atoms. The molecule has 0 aromatic carbocycles. The number of carbonyl (C=O) groups excluding carboxylic acids is 1. The first-order valence-corrected chi connectivity index (χ1v) is 4.41. The molecule has 1 heterocycles. The molecule has 1 rings (SSSR count). The van der Waals surface area contributed by atoms with Gasteiger partial charge in [-0.1, -0.05) is 13.8 Å². The molecule has 1 fully saturated rings. The molecular formula is C8H13ClO3. The maximum absolute atomic E-state index is 10.7. The van der Waals surface area contributed by atoms with E-state index in [1.807, 2.05) is 13.8 Å². The zero-order valence-corrected chi connectivity index (χ0v) is 8.00. The van der Waals surface area contributed by atoms with Gasteiger partial charge in [0.1, 0.15) is 0 Å². The van der Waals surface area contributed by atoms with Crippen LogP contribution in [0.3, 0.4) is 0 Å². The molecule has 0 spiro atoms. The lowest BCUT2D eigenvalue weighted by molar-refractivity contribution is -0.216. The molecule has 0 unspecified atom stereocenters. The molecule has 0 aromatic rings. The predicted molar refractivity (Wildman–Crippen MR) is 44.9 cm³/mol. The minimum Gasteiger partial charge on any atom is -0.352 e. The van der Waals surface area contributed by atoms with Crippen LogP contribution in [0.2, 0.25) is 0 Å². The van der Waals surface area contributed by atoms with Crippen molar-refractivity contribution in [1.29, 1.82) is 0 Å². The summed E-state index contributed by atoms with van der Waals surface area (Å²) in [6, 6.07) is 0. The van der Waals surface area contributed by atoms with Crippen LogP contribution in [-0.2, 0) is 14.3 Å². The molecule has 0 atom stereocenters. The molecule has 3 nitrogen and oxygen atoms in total. The lowest BCUT2D eigenvalue weighted by atomic mass is 10.1. The van der Waals surface area contributed by atoms with E-state index in [1.165, 1.54) is 0 Å². The lowest BCUT2D eigenvalue weighted by Gasteiger charge is -2.29. The van der Waals surface area contributed by atoms with Gasteiger partial charge in [0.25, 0.3) is 0 Å². The van der Waals surface area contributed by atoms with E-state index < -0.39 is 0 Å². The molecule has 0 bridgehead atoms. The van der Waals surface area contributed by atoms with Gasteiger partial charge in [0.2, 0.25) is 5.24 Å². The van der Waals surface area contributed by atoms with E-state index in [4.69, 9.17) is 21.1 Å². The molecule has 0 aliphatic carbocycles. The Labute approximate surface area is 77.0 Å². The van der Waals surface area contributed by atoms with E-state index in [0.29, 0.717) is 19.1 Å². The summed E-state index contributed by atoms with van der Waals surface area (Å²) in [4.78, 5) is 10.7. The third-order valence-corrected chi connectivity index (χ3v) is 2.10. The van der Waals surface area contributed by atoms with E-state index in [0.717, 1.165) is 0 Å². The first-order valence-electron chi connectivity index (χ1n) is 4.04. The van der Waals surface area contributed by atoms with Crippen molar-refractivity contribution >= 4 is 16.8 Å². The fourth-order valence-electron chi connectivity index (χ4n) is 1.03. The SMILES string of the molecule is CC(C)C1OCC(C(=O)Cl)CO1. The summed E-state index contributed by atoms with van der Waals surface area (Å²) >= 11 is 5.28. The van der Waals surface area contributed by atoms with Gasteiger partial charge in [-0.3, -0.25) is 4.79 Å². The van der Waals surface area contributed by atoms with Crippen LogP contribution in [0.15, 0.2) is 0 Å². The minimum absolute atomic E-state index is 0.183. The van der Waals surface area contributed by atoms with Crippen molar-refractivity contribution in [3.8, 4) is 0 Å². The first kappa shape index (κ1) is 9.96. The van der Waals surface area contributed by atoms with Gasteiger partial charge in [-0.05, 0) is 11.6 Å². The summed E-state index contributed by atoms with van der Waals surface area (Å²) in [5.74, 6) is 0.0260. The lowest BCUT2D eigenvalue weighted by Crippen LogP contribution is -2.37. The topological polar surface area (TPSA) is 35.5 Å². The van der Waals surface area contributed by atoms with Crippen molar-refractivity contribution in [2.45, 2.75) is 20.1 Å². The molecular weight excluding hydrogens is 180 g/mol. The standard InChI is InChI=1S/C8H13ClO3/c1-5(2)8-11-3-6(4-12-8)7(9)10/h5-6,8H,3-4H2,1-2H3. The molecule has 0 amide bonds. The average Bonchev–Trinajstić information content (AvgIpc) is 2.04. The number of hydrogen-bond donors (Lipinski definition) is 0. The molecule has 1 aliphatic rings. The van der Waals surface area contributed by atoms with E-state index in [1.54, 1.807) is 0 Å². The first-order chi connectivity index (χ1) is 5.61. The van der Waals surface area contributed by atoms with E-state index in [-0.39, 0.29) is 17.5 Å². The van der Waals surface area contributed by atoms with Crippen molar-refractivity contribution in [1.82, 2.24) is 0 Å². The molecule has 0 N–H and O–H groups in total. The fourth-order valence-corrected chi connectivity index (χ4v) is 1.16. The minimum atomic E-state index is -0.378. The predicted octanol–water partition coefficient (Wildman–Crippen LogP) is 1.40. The average molecular weight is 193 g/mol. The van der Waals surface area contributed by atoms with Crippen LogP contribution < -0.4 is 0 Å². The summed E-state index contributed by atoms with van der Waals surface area (Å²) in [5.41, 5.74) is 0. The second-order valence-corrected chi connectivity index (χ2v) is 3.65. The molecule has 0 saturated carbocycles. The Morgan fingerprint density at radius 3 is 2.25 bits per heavy atom. The van der Waals surface area contributed by atoms with Crippen molar-refractivity contribution in [2.24, 2.45) is 11.8 Å². The molecule has 0 radical (unpaired) electrons. The Morgan fingerprint density at radius 2 is 1.92 bits per heavy atom. The van der Waals surface area contributed by atoms with Gasteiger partial charge in [0, 0.05) is 5.92 Å². The molecule has 0 aromatic heterocycles. The van der Waals surface area contributed by atoms with Crippen LogP contribution in [0, 0.1) is 11.8 Å². The third kappa shape index (κ3) is 2.44. The smallest absolute Gasteiger partial charge is 0.229 e. The van der Waals surface area contributed by atoms with Crippen LogP contribution in [-0.4, -0.2) is 24.7 Å². The van der Waals surface area contributed by atoms with Crippen LogP contribution in [0.1, 0.15) is 13.8 Å². The second kappa shape index (κ2) is 4.21. The third-order valence-electron chi connectivity index (χ3n) is 1.79. The van der Waals surface area contributed by atoms with Crippen LogP contribution in [0.25, 0.3) is 0 Å². The van der Waals surface area contributed by atoms with Crippen molar-refractivity contribution in [3.05, 3.63) is 0 Å². The van der Waals surface area contributed by atoms with Crippen molar-refractivity contribution in [2.75, 3.05) is 13.2 Å². The Kier molecular flexibility index (Phi) is 3.50. The number of rotatable bonds is 2. The maximum Gasteiger partial charge on any atom is 0.229 e. The highest BCUT2D eigenvalue weighted by Gasteiger charge is 2.27. The summed E-state index contributed by atoms with van der Waals surface area (Å²) in [5, 5.41) is -0.378. The van der Waals surface area contributed by atoms with Crippen LogP contribution >= 0.6 is 11.6 Å². The van der Waals surface area contributed by atoms with Crippen LogP contribution in [0.4, 0.5) is 0 Å². The van der Waals surface area contributed by atoms with E-state index in [9.17, 15) is 4.79 Å².